The third-order valence-electron chi connectivity index (χ3n) is 3.18. The fourth-order valence-corrected chi connectivity index (χ4v) is 2.13. The molecule has 0 atom stereocenters. The van der Waals surface area contributed by atoms with Gasteiger partial charge in [-0.1, -0.05) is 0 Å². The molecule has 0 radical (unpaired) electrons. The van der Waals surface area contributed by atoms with E-state index in [9.17, 15) is 9.18 Å². The summed E-state index contributed by atoms with van der Waals surface area (Å²) < 4.78 is 24.0. The summed E-state index contributed by atoms with van der Waals surface area (Å²) in [5.74, 6) is 0.0247. The lowest BCUT2D eigenvalue weighted by Gasteiger charge is -2.17. The Morgan fingerprint density at radius 1 is 1.44 bits per heavy atom. The van der Waals surface area contributed by atoms with Crippen LogP contribution in [0.4, 0.5) is 4.39 Å². The van der Waals surface area contributed by atoms with Crippen LogP contribution in [0.2, 0.25) is 0 Å². The van der Waals surface area contributed by atoms with Gasteiger partial charge in [0.05, 0.1) is 19.3 Å². The zero-order valence-corrected chi connectivity index (χ0v) is 10.3. The molecule has 18 heavy (non-hydrogen) atoms. The molecule has 96 valence electrons. The molecule has 1 aliphatic carbocycles. The molecule has 1 aromatic carbocycles. The number of carbonyl (C=O) groups excluding carboxylic acids is 1. The summed E-state index contributed by atoms with van der Waals surface area (Å²) >= 11 is 0. The molecule has 0 spiro atoms. The Labute approximate surface area is 104 Å². The summed E-state index contributed by atoms with van der Waals surface area (Å²) in [6, 6.07) is 2.97. The van der Waals surface area contributed by atoms with Crippen molar-refractivity contribution in [3.8, 4) is 5.75 Å². The highest BCUT2D eigenvalue weighted by Gasteiger charge is 2.47. The van der Waals surface area contributed by atoms with Crippen molar-refractivity contribution >= 4 is 6.08 Å². The molecule has 0 saturated heterocycles. The molecule has 1 fully saturated rings. The topological polar surface area (TPSA) is 47.9 Å². The molecule has 0 aromatic heterocycles. The Hall–Kier alpha value is -1.71. The van der Waals surface area contributed by atoms with Crippen LogP contribution in [0, 0.1) is 5.82 Å². The van der Waals surface area contributed by atoms with Gasteiger partial charge >= 0.3 is 0 Å². The van der Waals surface area contributed by atoms with Crippen molar-refractivity contribution < 1.29 is 18.7 Å². The van der Waals surface area contributed by atoms with Crippen molar-refractivity contribution in [1.29, 1.82) is 0 Å². The van der Waals surface area contributed by atoms with Crippen LogP contribution in [0.15, 0.2) is 17.1 Å². The quantitative estimate of drug-likeness (QED) is 0.596. The lowest BCUT2D eigenvalue weighted by atomic mass is 10.0. The average molecular weight is 251 g/mol. The molecular weight excluding hydrogens is 237 g/mol. The molecule has 0 N–H and O–H groups in total. The van der Waals surface area contributed by atoms with Gasteiger partial charge in [-0.25, -0.2) is 9.18 Å². The van der Waals surface area contributed by atoms with Crippen LogP contribution in [0.1, 0.15) is 24.0 Å². The molecule has 5 heteroatoms. The number of ether oxygens (including phenoxy) is 2. The van der Waals surface area contributed by atoms with E-state index in [-0.39, 0.29) is 12.4 Å². The lowest BCUT2D eigenvalue weighted by Crippen LogP contribution is -2.09. The van der Waals surface area contributed by atoms with E-state index < -0.39 is 5.54 Å². The highest BCUT2D eigenvalue weighted by atomic mass is 19.1. The summed E-state index contributed by atoms with van der Waals surface area (Å²) in [5, 5.41) is 0. The summed E-state index contributed by atoms with van der Waals surface area (Å²) in [5.41, 5.74) is 0.496. The van der Waals surface area contributed by atoms with Gasteiger partial charge in [0.15, 0.2) is 0 Å². The van der Waals surface area contributed by atoms with E-state index >= 15 is 0 Å². The highest BCUT2D eigenvalue weighted by molar-refractivity contribution is 5.51. The maximum atomic E-state index is 13.7. The SMILES string of the molecule is COCc1c(F)ccc(C2(N=C=O)CC2)c1OC. The molecule has 0 unspecified atom stereocenters. The number of nitrogens with zero attached hydrogens (tertiary/aromatic N) is 1. The number of rotatable bonds is 5. The van der Waals surface area contributed by atoms with Crippen molar-refractivity contribution in [1.82, 2.24) is 0 Å². The van der Waals surface area contributed by atoms with Crippen molar-refractivity contribution in [3.63, 3.8) is 0 Å². The molecule has 2 rings (SSSR count). The predicted molar refractivity (Wildman–Crippen MR) is 62.7 cm³/mol. The third-order valence-corrected chi connectivity index (χ3v) is 3.18. The Morgan fingerprint density at radius 2 is 2.17 bits per heavy atom. The number of benzene rings is 1. The Balaban J connectivity index is 2.55. The van der Waals surface area contributed by atoms with Gasteiger partial charge < -0.3 is 9.47 Å². The number of methoxy groups -OCH3 is 2. The van der Waals surface area contributed by atoms with E-state index in [1.54, 1.807) is 12.1 Å². The summed E-state index contributed by atoms with van der Waals surface area (Å²) in [4.78, 5) is 14.3. The van der Waals surface area contributed by atoms with Crippen molar-refractivity contribution in [2.45, 2.75) is 25.0 Å². The van der Waals surface area contributed by atoms with Gasteiger partial charge in [0, 0.05) is 12.7 Å². The van der Waals surface area contributed by atoms with Crippen molar-refractivity contribution in [3.05, 3.63) is 29.1 Å². The monoisotopic (exact) mass is 251 g/mol. The second-order valence-electron chi connectivity index (χ2n) is 4.27. The number of hydrogen-bond acceptors (Lipinski definition) is 4. The maximum absolute atomic E-state index is 13.7. The number of aliphatic imine (C=N–C) groups is 1. The molecule has 4 nitrogen and oxygen atoms in total. The maximum Gasteiger partial charge on any atom is 0.235 e. The summed E-state index contributed by atoms with van der Waals surface area (Å²) in [6.45, 7) is 0.115. The van der Waals surface area contributed by atoms with Crippen LogP contribution in [-0.4, -0.2) is 20.3 Å². The fourth-order valence-electron chi connectivity index (χ4n) is 2.13. The second kappa shape index (κ2) is 4.88. The van der Waals surface area contributed by atoms with Gasteiger partial charge in [-0.05, 0) is 25.0 Å². The summed E-state index contributed by atoms with van der Waals surface area (Å²) in [7, 11) is 2.96. The van der Waals surface area contributed by atoms with Crippen LogP contribution < -0.4 is 4.74 Å². The van der Waals surface area contributed by atoms with E-state index in [1.165, 1.54) is 20.3 Å². The zero-order chi connectivity index (χ0) is 13.2. The number of hydrogen-bond donors (Lipinski definition) is 0. The first-order valence-electron chi connectivity index (χ1n) is 5.62. The predicted octanol–water partition coefficient (Wildman–Crippen LogP) is 2.31. The van der Waals surface area contributed by atoms with Gasteiger partial charge in [0.25, 0.3) is 0 Å². The van der Waals surface area contributed by atoms with Crippen molar-refractivity contribution in [2.24, 2.45) is 4.99 Å². The molecule has 1 aliphatic rings. The number of isocyanates is 1. The van der Waals surface area contributed by atoms with Crippen LogP contribution in [0.5, 0.6) is 5.75 Å². The minimum atomic E-state index is -0.580. The molecule has 0 bridgehead atoms. The first-order valence-corrected chi connectivity index (χ1v) is 5.62. The molecule has 1 saturated carbocycles. The lowest BCUT2D eigenvalue weighted by molar-refractivity contribution is 0.177. The zero-order valence-electron chi connectivity index (χ0n) is 10.3. The molecule has 1 aromatic rings. The Kier molecular flexibility index (Phi) is 3.45. The van der Waals surface area contributed by atoms with E-state index in [0.717, 1.165) is 18.4 Å². The van der Waals surface area contributed by atoms with Crippen LogP contribution in [-0.2, 0) is 21.7 Å². The van der Waals surface area contributed by atoms with Crippen LogP contribution in [0.25, 0.3) is 0 Å². The first-order chi connectivity index (χ1) is 8.68. The third kappa shape index (κ3) is 2.03. The smallest absolute Gasteiger partial charge is 0.235 e. The van der Waals surface area contributed by atoms with Gasteiger partial charge in [0.2, 0.25) is 6.08 Å². The first kappa shape index (κ1) is 12.7. The largest absolute Gasteiger partial charge is 0.496 e. The molecule has 0 aliphatic heterocycles. The standard InChI is InChI=1S/C13H14FNO3/c1-17-7-9-11(14)4-3-10(12(9)18-2)13(5-6-13)15-8-16/h3-4H,5-7H2,1-2H3. The van der Waals surface area contributed by atoms with E-state index in [2.05, 4.69) is 4.99 Å². The summed E-state index contributed by atoms with van der Waals surface area (Å²) in [6.07, 6.45) is 3.07. The minimum absolute atomic E-state index is 0.115. The van der Waals surface area contributed by atoms with Gasteiger partial charge in [-0.15, -0.1) is 0 Å². The molecule has 0 heterocycles. The normalized spacial score (nSPS) is 15.9. The highest BCUT2D eigenvalue weighted by Crippen LogP contribution is 2.53. The average Bonchev–Trinajstić information content (AvgIpc) is 3.13. The van der Waals surface area contributed by atoms with Crippen LogP contribution >= 0.6 is 0 Å². The van der Waals surface area contributed by atoms with E-state index in [1.807, 2.05) is 0 Å². The Bertz CT molecular complexity index is 505. The Morgan fingerprint density at radius 3 is 2.67 bits per heavy atom. The second-order valence-corrected chi connectivity index (χ2v) is 4.27. The number of halogens is 1. The van der Waals surface area contributed by atoms with Gasteiger partial charge in [-0.3, -0.25) is 0 Å². The molecule has 0 amide bonds. The van der Waals surface area contributed by atoms with E-state index in [0.29, 0.717) is 11.3 Å². The van der Waals surface area contributed by atoms with Crippen molar-refractivity contribution in [2.75, 3.05) is 14.2 Å². The van der Waals surface area contributed by atoms with Gasteiger partial charge in [0.1, 0.15) is 17.1 Å². The van der Waals surface area contributed by atoms with E-state index in [4.69, 9.17) is 9.47 Å². The fraction of sp³-hybridized carbons (Fsp3) is 0.462. The molecular formula is C13H14FNO3. The minimum Gasteiger partial charge on any atom is -0.496 e. The van der Waals surface area contributed by atoms with Crippen LogP contribution in [0.3, 0.4) is 0 Å². The van der Waals surface area contributed by atoms with Gasteiger partial charge in [-0.2, -0.15) is 4.99 Å².